The highest BCUT2D eigenvalue weighted by Crippen LogP contribution is 2.17. The number of hydrogen-bond acceptors (Lipinski definition) is 5. The summed E-state index contributed by atoms with van der Waals surface area (Å²) in [6, 6.07) is 1.66. The standard InChI is InChI=1S/C13H20N2O3/c1-3-17-12(16)10-4-7-18-11(10)8-15-13(2)5-6-14-9-13/h4,7,14-15H,3,5-6,8-9H2,1-2H3. The van der Waals surface area contributed by atoms with Crippen LogP contribution in [-0.2, 0) is 11.3 Å². The second-order valence-electron chi connectivity index (χ2n) is 4.82. The molecule has 100 valence electrons. The fourth-order valence-electron chi connectivity index (χ4n) is 2.13. The Morgan fingerprint density at radius 1 is 1.67 bits per heavy atom. The van der Waals surface area contributed by atoms with Gasteiger partial charge in [0.2, 0.25) is 0 Å². The van der Waals surface area contributed by atoms with Gasteiger partial charge in [0.1, 0.15) is 11.3 Å². The van der Waals surface area contributed by atoms with Crippen LogP contribution in [-0.4, -0.2) is 31.2 Å². The first-order valence-electron chi connectivity index (χ1n) is 6.34. The molecule has 1 aliphatic heterocycles. The number of hydrogen-bond donors (Lipinski definition) is 2. The Morgan fingerprint density at radius 2 is 2.50 bits per heavy atom. The molecule has 5 nitrogen and oxygen atoms in total. The van der Waals surface area contributed by atoms with Crippen LogP contribution in [0, 0.1) is 0 Å². The average Bonchev–Trinajstić information content (AvgIpc) is 2.96. The summed E-state index contributed by atoms with van der Waals surface area (Å²) in [4.78, 5) is 11.7. The highest BCUT2D eigenvalue weighted by atomic mass is 16.5. The van der Waals surface area contributed by atoms with Gasteiger partial charge in [-0.2, -0.15) is 0 Å². The molecule has 1 unspecified atom stereocenters. The Kier molecular flexibility index (Phi) is 4.04. The lowest BCUT2D eigenvalue weighted by molar-refractivity contribution is 0.0523. The third-order valence-electron chi connectivity index (χ3n) is 3.29. The lowest BCUT2D eigenvalue weighted by atomic mass is 10.0. The largest absolute Gasteiger partial charge is 0.467 e. The molecule has 1 atom stereocenters. The predicted octanol–water partition coefficient (Wildman–Crippen LogP) is 1.30. The Morgan fingerprint density at radius 3 is 3.17 bits per heavy atom. The Bertz CT molecular complexity index is 408. The normalized spacial score (nSPS) is 23.2. The van der Waals surface area contributed by atoms with Gasteiger partial charge < -0.3 is 19.8 Å². The Balaban J connectivity index is 1.97. The zero-order valence-corrected chi connectivity index (χ0v) is 10.9. The SMILES string of the molecule is CCOC(=O)c1ccoc1CNC1(C)CCNC1. The van der Waals surface area contributed by atoms with E-state index in [9.17, 15) is 4.79 Å². The first kappa shape index (κ1) is 13.1. The molecule has 2 rings (SSSR count). The number of rotatable bonds is 5. The van der Waals surface area contributed by atoms with E-state index in [-0.39, 0.29) is 11.5 Å². The molecule has 2 N–H and O–H groups in total. The molecule has 0 aromatic carbocycles. The van der Waals surface area contributed by atoms with Gasteiger partial charge >= 0.3 is 5.97 Å². The molecule has 2 heterocycles. The van der Waals surface area contributed by atoms with Crippen LogP contribution in [0.15, 0.2) is 16.7 Å². The molecule has 0 bridgehead atoms. The maximum atomic E-state index is 11.7. The van der Waals surface area contributed by atoms with Gasteiger partial charge in [-0.1, -0.05) is 0 Å². The molecule has 0 radical (unpaired) electrons. The lowest BCUT2D eigenvalue weighted by Crippen LogP contribution is -2.43. The minimum atomic E-state index is -0.322. The summed E-state index contributed by atoms with van der Waals surface area (Å²) >= 11 is 0. The maximum Gasteiger partial charge on any atom is 0.341 e. The molecule has 1 aromatic heterocycles. The Hall–Kier alpha value is -1.33. The summed E-state index contributed by atoms with van der Waals surface area (Å²) in [7, 11) is 0. The van der Waals surface area contributed by atoms with Gasteiger partial charge in [0.15, 0.2) is 0 Å². The van der Waals surface area contributed by atoms with Crippen molar-refractivity contribution >= 4 is 5.97 Å². The number of ether oxygens (including phenoxy) is 1. The van der Waals surface area contributed by atoms with Crippen molar-refractivity contribution in [1.29, 1.82) is 0 Å². The van der Waals surface area contributed by atoms with Crippen LogP contribution in [0.1, 0.15) is 36.4 Å². The van der Waals surface area contributed by atoms with E-state index < -0.39 is 0 Å². The molecule has 1 fully saturated rings. The number of esters is 1. The summed E-state index contributed by atoms with van der Waals surface area (Å²) in [5.74, 6) is 0.319. The Labute approximate surface area is 107 Å². The summed E-state index contributed by atoms with van der Waals surface area (Å²) in [5.41, 5.74) is 0.581. The number of furan rings is 1. The van der Waals surface area contributed by atoms with Crippen molar-refractivity contribution in [3.8, 4) is 0 Å². The van der Waals surface area contributed by atoms with Crippen LogP contribution in [0.4, 0.5) is 0 Å². The third-order valence-corrected chi connectivity index (χ3v) is 3.29. The van der Waals surface area contributed by atoms with Crippen LogP contribution in [0.25, 0.3) is 0 Å². The average molecular weight is 252 g/mol. The van der Waals surface area contributed by atoms with Gasteiger partial charge in [-0.25, -0.2) is 4.79 Å². The fraction of sp³-hybridized carbons (Fsp3) is 0.615. The van der Waals surface area contributed by atoms with E-state index in [0.717, 1.165) is 19.5 Å². The van der Waals surface area contributed by atoms with Crippen molar-refractivity contribution < 1.29 is 13.9 Å². The molecule has 18 heavy (non-hydrogen) atoms. The summed E-state index contributed by atoms with van der Waals surface area (Å²) in [6.07, 6.45) is 2.60. The van der Waals surface area contributed by atoms with Crippen molar-refractivity contribution in [3.05, 3.63) is 23.7 Å². The number of carbonyl (C=O) groups excluding carboxylic acids is 1. The maximum absolute atomic E-state index is 11.7. The quantitative estimate of drug-likeness (QED) is 0.773. The van der Waals surface area contributed by atoms with Crippen LogP contribution < -0.4 is 10.6 Å². The second-order valence-corrected chi connectivity index (χ2v) is 4.82. The highest BCUT2D eigenvalue weighted by Gasteiger charge is 2.28. The number of carbonyl (C=O) groups is 1. The van der Waals surface area contributed by atoms with Crippen LogP contribution in [0.2, 0.25) is 0 Å². The van der Waals surface area contributed by atoms with Crippen molar-refractivity contribution in [2.24, 2.45) is 0 Å². The molecule has 1 aliphatic rings. The molecule has 0 spiro atoms. The fourth-order valence-corrected chi connectivity index (χ4v) is 2.13. The van der Waals surface area contributed by atoms with Crippen molar-refractivity contribution in [1.82, 2.24) is 10.6 Å². The van der Waals surface area contributed by atoms with E-state index in [0.29, 0.717) is 24.5 Å². The first-order valence-corrected chi connectivity index (χ1v) is 6.34. The van der Waals surface area contributed by atoms with E-state index in [2.05, 4.69) is 17.6 Å². The molecule has 1 aromatic rings. The molecule has 0 amide bonds. The minimum absolute atomic E-state index is 0.0682. The monoisotopic (exact) mass is 252 g/mol. The van der Waals surface area contributed by atoms with Gasteiger partial charge in [-0.15, -0.1) is 0 Å². The van der Waals surface area contributed by atoms with Gasteiger partial charge in [-0.05, 0) is 32.9 Å². The molecule has 5 heteroatoms. The summed E-state index contributed by atoms with van der Waals surface area (Å²) in [5, 5.41) is 6.75. The first-order chi connectivity index (χ1) is 8.64. The lowest BCUT2D eigenvalue weighted by Gasteiger charge is -2.24. The van der Waals surface area contributed by atoms with Crippen molar-refractivity contribution in [3.63, 3.8) is 0 Å². The van der Waals surface area contributed by atoms with Gasteiger partial charge in [0.25, 0.3) is 0 Å². The topological polar surface area (TPSA) is 63.5 Å². The van der Waals surface area contributed by atoms with E-state index in [1.807, 2.05) is 0 Å². The molecule has 1 saturated heterocycles. The second kappa shape index (κ2) is 5.54. The predicted molar refractivity (Wildman–Crippen MR) is 67.4 cm³/mol. The van der Waals surface area contributed by atoms with E-state index in [1.165, 1.54) is 6.26 Å². The van der Waals surface area contributed by atoms with Crippen LogP contribution in [0.3, 0.4) is 0 Å². The van der Waals surface area contributed by atoms with E-state index >= 15 is 0 Å². The smallest absolute Gasteiger partial charge is 0.341 e. The summed E-state index contributed by atoms with van der Waals surface area (Å²) < 4.78 is 10.3. The minimum Gasteiger partial charge on any atom is -0.467 e. The zero-order valence-electron chi connectivity index (χ0n) is 10.9. The molecular weight excluding hydrogens is 232 g/mol. The zero-order chi connectivity index (χ0) is 13.0. The van der Waals surface area contributed by atoms with Gasteiger partial charge in [0, 0.05) is 12.1 Å². The third kappa shape index (κ3) is 2.91. The van der Waals surface area contributed by atoms with E-state index in [1.54, 1.807) is 13.0 Å². The highest BCUT2D eigenvalue weighted by molar-refractivity contribution is 5.90. The summed E-state index contributed by atoms with van der Waals surface area (Å²) in [6.45, 7) is 6.83. The number of nitrogens with one attached hydrogen (secondary N) is 2. The van der Waals surface area contributed by atoms with Crippen molar-refractivity contribution in [2.45, 2.75) is 32.4 Å². The van der Waals surface area contributed by atoms with Gasteiger partial charge in [0.05, 0.1) is 19.4 Å². The van der Waals surface area contributed by atoms with Gasteiger partial charge in [-0.3, -0.25) is 0 Å². The van der Waals surface area contributed by atoms with E-state index in [4.69, 9.17) is 9.15 Å². The van der Waals surface area contributed by atoms with Crippen LogP contribution in [0.5, 0.6) is 0 Å². The molecule has 0 saturated carbocycles. The van der Waals surface area contributed by atoms with Crippen molar-refractivity contribution in [2.75, 3.05) is 19.7 Å². The molecule has 0 aliphatic carbocycles. The molecular formula is C13H20N2O3. The van der Waals surface area contributed by atoms with Crippen LogP contribution >= 0.6 is 0 Å².